The summed E-state index contributed by atoms with van der Waals surface area (Å²) < 4.78 is 12.7. The van der Waals surface area contributed by atoms with Crippen LogP contribution in [0.4, 0.5) is 0 Å². The summed E-state index contributed by atoms with van der Waals surface area (Å²) in [6.45, 7) is 0. The van der Waals surface area contributed by atoms with Crippen molar-refractivity contribution in [1.29, 1.82) is 0 Å². The third-order valence-corrected chi connectivity index (χ3v) is 7.50. The summed E-state index contributed by atoms with van der Waals surface area (Å²) in [7, 11) is 0. The van der Waals surface area contributed by atoms with Crippen LogP contribution in [0.1, 0.15) is 24.8 Å². The van der Waals surface area contributed by atoms with Crippen molar-refractivity contribution < 1.29 is 4.40 Å². The molecule has 2 aromatic carbocycles. The maximum atomic E-state index is 6.57. The van der Waals surface area contributed by atoms with Gasteiger partial charge in [0, 0.05) is 17.3 Å². The van der Waals surface area contributed by atoms with E-state index in [9.17, 15) is 0 Å². The molecule has 8 heteroatoms. The lowest BCUT2D eigenvalue weighted by atomic mass is 9.73. The Bertz CT molecular complexity index is 1670. The highest BCUT2D eigenvalue weighted by Crippen LogP contribution is 2.39. The fourth-order valence-electron chi connectivity index (χ4n) is 4.90. The maximum Gasteiger partial charge on any atom is 0.335 e. The van der Waals surface area contributed by atoms with E-state index in [1.54, 1.807) is 6.20 Å². The molecule has 1 saturated carbocycles. The zero-order valence-corrected chi connectivity index (χ0v) is 19.7. The van der Waals surface area contributed by atoms with E-state index in [0.717, 1.165) is 57.7 Å². The van der Waals surface area contributed by atoms with Gasteiger partial charge in [0.05, 0.1) is 40.1 Å². The molecule has 4 aromatic heterocycles. The van der Waals surface area contributed by atoms with Gasteiger partial charge in [-0.05, 0) is 54.7 Å². The summed E-state index contributed by atoms with van der Waals surface area (Å²) in [5.41, 5.74) is 13.3. The van der Waals surface area contributed by atoms with Crippen LogP contribution in [0.25, 0.3) is 44.9 Å². The average molecular weight is 477 g/mol. The number of aromatic nitrogens is 6. The lowest BCUT2D eigenvalue weighted by molar-refractivity contribution is -0.498. The minimum Gasteiger partial charge on any atom is -0.321 e. The minimum atomic E-state index is -0.196. The second-order valence-corrected chi connectivity index (χ2v) is 9.67. The summed E-state index contributed by atoms with van der Waals surface area (Å²) in [5.74, 6) is 0.735. The van der Waals surface area contributed by atoms with Crippen molar-refractivity contribution in [2.24, 2.45) is 5.73 Å². The van der Waals surface area contributed by atoms with E-state index in [2.05, 4.69) is 55.6 Å². The first-order chi connectivity index (χ1) is 17.2. The van der Waals surface area contributed by atoms with Gasteiger partial charge in [-0.15, -0.1) is 0 Å². The zero-order chi connectivity index (χ0) is 23.4. The molecule has 170 valence electrons. The molecule has 7 nitrogen and oxygen atoms in total. The fraction of sp³-hybridized carbons (Fsp3) is 0.148. The van der Waals surface area contributed by atoms with Crippen LogP contribution in [-0.4, -0.2) is 23.5 Å². The molecule has 35 heavy (non-hydrogen) atoms. The predicted octanol–water partition coefficient (Wildman–Crippen LogP) is 4.68. The third-order valence-electron chi connectivity index (χ3n) is 7.02. The average Bonchev–Trinajstić information content (AvgIpc) is 3.56. The molecular formula is C27H22N7S+. The second kappa shape index (κ2) is 7.76. The first kappa shape index (κ1) is 20.4. The van der Waals surface area contributed by atoms with Gasteiger partial charge >= 0.3 is 5.82 Å². The van der Waals surface area contributed by atoms with Crippen LogP contribution in [0, 0.1) is 0 Å². The Morgan fingerprint density at radius 2 is 1.77 bits per heavy atom. The van der Waals surface area contributed by atoms with E-state index in [1.807, 2.05) is 41.3 Å². The Morgan fingerprint density at radius 3 is 2.49 bits per heavy atom. The molecule has 7 rings (SSSR count). The van der Waals surface area contributed by atoms with Crippen LogP contribution in [0.3, 0.4) is 0 Å². The van der Waals surface area contributed by atoms with Crippen LogP contribution in [0.2, 0.25) is 0 Å². The van der Waals surface area contributed by atoms with E-state index >= 15 is 0 Å². The molecule has 0 bridgehead atoms. The molecule has 0 aliphatic heterocycles. The summed E-state index contributed by atoms with van der Waals surface area (Å²) in [5, 5.41) is 6.01. The van der Waals surface area contributed by atoms with Gasteiger partial charge in [0.15, 0.2) is 5.69 Å². The topological polar surface area (TPSA) is 86.6 Å². The van der Waals surface area contributed by atoms with Crippen molar-refractivity contribution in [3.63, 3.8) is 0 Å². The summed E-state index contributed by atoms with van der Waals surface area (Å²) in [4.78, 5) is 4.78. The lowest BCUT2D eigenvalue weighted by Crippen LogP contribution is -2.43. The van der Waals surface area contributed by atoms with Crippen molar-refractivity contribution in [3.05, 3.63) is 90.9 Å². The van der Waals surface area contributed by atoms with Crippen LogP contribution < -0.4 is 10.1 Å². The van der Waals surface area contributed by atoms with Gasteiger partial charge in [0.25, 0.3) is 5.65 Å². The quantitative estimate of drug-likeness (QED) is 0.373. The van der Waals surface area contributed by atoms with Gasteiger partial charge in [-0.1, -0.05) is 47.1 Å². The SMILES string of the molecule is NC1(c2ccc(-n3nc(-c4cnsn4)[n+]4ccc5ncc(-c6ccccc6)cc5c34)cc2)CCC1. The van der Waals surface area contributed by atoms with E-state index in [0.29, 0.717) is 0 Å². The standard InChI is InChI=1S/C27H22N7S/c28-27(12-4-13-27)20-7-9-21(10-8-20)34-26-22-15-19(18-5-2-1-3-6-18)16-29-23(22)11-14-33(26)25(31-34)24-17-30-35-32-24/h1-3,5-11,14-17H,4,12-13,28H2/q+1. The number of hydrogen-bond donors (Lipinski definition) is 1. The molecule has 0 atom stereocenters. The normalized spacial score (nSPS) is 14.9. The molecule has 1 aliphatic carbocycles. The van der Waals surface area contributed by atoms with Gasteiger partial charge in [-0.3, -0.25) is 4.98 Å². The molecule has 6 aromatic rings. The molecule has 0 unspecified atom stereocenters. The number of nitrogens with zero attached hydrogens (tertiary/aromatic N) is 6. The number of pyridine rings is 2. The van der Waals surface area contributed by atoms with Gasteiger partial charge < -0.3 is 5.73 Å². The Hall–Kier alpha value is -4.01. The molecule has 1 aliphatic rings. The van der Waals surface area contributed by atoms with Gasteiger partial charge in [-0.25, -0.2) is 0 Å². The van der Waals surface area contributed by atoms with E-state index in [1.165, 1.54) is 23.7 Å². The number of nitrogens with two attached hydrogens (primary N) is 1. The van der Waals surface area contributed by atoms with Gasteiger partial charge in [0.2, 0.25) is 0 Å². The number of rotatable bonds is 4. The fourth-order valence-corrected chi connectivity index (χ4v) is 5.31. The number of fused-ring (bicyclic) bond motifs is 3. The van der Waals surface area contributed by atoms with E-state index in [-0.39, 0.29) is 5.54 Å². The Labute approximate surface area is 205 Å². The predicted molar refractivity (Wildman–Crippen MR) is 136 cm³/mol. The Kier molecular flexibility index (Phi) is 4.52. The van der Waals surface area contributed by atoms with Crippen LogP contribution >= 0.6 is 11.7 Å². The molecule has 0 amide bonds. The van der Waals surface area contributed by atoms with Crippen molar-refractivity contribution >= 4 is 28.3 Å². The zero-order valence-electron chi connectivity index (χ0n) is 18.9. The summed E-state index contributed by atoms with van der Waals surface area (Å²) >= 11 is 1.18. The maximum absolute atomic E-state index is 6.57. The molecule has 0 spiro atoms. The highest BCUT2D eigenvalue weighted by molar-refractivity contribution is 6.99. The number of benzene rings is 2. The molecule has 4 heterocycles. The van der Waals surface area contributed by atoms with Crippen molar-refractivity contribution in [1.82, 2.24) is 23.5 Å². The Balaban J connectivity index is 1.48. The van der Waals surface area contributed by atoms with Crippen molar-refractivity contribution in [2.75, 3.05) is 0 Å². The van der Waals surface area contributed by atoms with E-state index in [4.69, 9.17) is 15.8 Å². The third kappa shape index (κ3) is 3.25. The molecule has 2 N–H and O–H groups in total. The molecule has 0 saturated heterocycles. The highest BCUT2D eigenvalue weighted by Gasteiger charge is 2.34. The monoisotopic (exact) mass is 476 g/mol. The van der Waals surface area contributed by atoms with E-state index < -0.39 is 0 Å². The molecular weight excluding hydrogens is 454 g/mol. The first-order valence-corrected chi connectivity index (χ1v) is 12.4. The molecule has 0 radical (unpaired) electrons. The summed E-state index contributed by atoms with van der Waals surface area (Å²) in [6, 6.07) is 23.0. The number of hydrogen-bond acceptors (Lipinski definition) is 6. The first-order valence-electron chi connectivity index (χ1n) is 11.7. The Morgan fingerprint density at radius 1 is 0.943 bits per heavy atom. The highest BCUT2D eigenvalue weighted by atomic mass is 32.1. The van der Waals surface area contributed by atoms with Gasteiger partial charge in [-0.2, -0.15) is 13.1 Å². The lowest BCUT2D eigenvalue weighted by Gasteiger charge is -2.38. The van der Waals surface area contributed by atoms with Crippen LogP contribution in [0.5, 0.6) is 0 Å². The minimum absolute atomic E-state index is 0.196. The second-order valence-electron chi connectivity index (χ2n) is 9.12. The smallest absolute Gasteiger partial charge is 0.321 e. The van der Waals surface area contributed by atoms with Crippen molar-refractivity contribution in [3.8, 4) is 28.3 Å². The van der Waals surface area contributed by atoms with Crippen LogP contribution in [0.15, 0.2) is 85.3 Å². The molecule has 1 fully saturated rings. The van der Waals surface area contributed by atoms with Gasteiger partial charge in [0.1, 0.15) is 5.69 Å². The van der Waals surface area contributed by atoms with Crippen molar-refractivity contribution in [2.45, 2.75) is 24.8 Å². The summed E-state index contributed by atoms with van der Waals surface area (Å²) in [6.07, 6.45) is 8.94. The largest absolute Gasteiger partial charge is 0.335 e. The van der Waals surface area contributed by atoms with Crippen LogP contribution in [-0.2, 0) is 5.54 Å².